The van der Waals surface area contributed by atoms with Gasteiger partial charge in [0.2, 0.25) is 5.88 Å². The number of halogens is 1. The van der Waals surface area contributed by atoms with Crippen LogP contribution in [0.25, 0.3) is 11.1 Å². The van der Waals surface area contributed by atoms with E-state index in [0.29, 0.717) is 38.9 Å². The molecule has 2 aromatic heterocycles. The van der Waals surface area contributed by atoms with Gasteiger partial charge in [-0.05, 0) is 63.4 Å². The molecule has 0 radical (unpaired) electrons. The first-order valence-electron chi connectivity index (χ1n) is 12.2. The monoisotopic (exact) mass is 540 g/mol. The Morgan fingerprint density at radius 3 is 2.37 bits per heavy atom. The van der Waals surface area contributed by atoms with Crippen molar-refractivity contribution in [3.8, 4) is 22.8 Å². The first-order valence-corrected chi connectivity index (χ1v) is 12.6. The van der Waals surface area contributed by atoms with E-state index in [1.165, 1.54) is 38.0 Å². The Bertz CT molecular complexity index is 1360. The van der Waals surface area contributed by atoms with Crippen molar-refractivity contribution >= 4 is 23.2 Å². The lowest BCUT2D eigenvalue weighted by Crippen LogP contribution is -2.32. The standard InChI is InChI=1S/C29H33ClN2O6/c1-18(33)21-9-8-20(30)14-22(21)23-15-28(35)32(17-26(23)36-5)24(11-12-38-29(2,3)4)25(34)13-19-7-10-27(37-6)31-16-19/h7-10,14-17,24H,11-13H2,1-6H3. The Balaban J connectivity index is 2.05. The molecule has 3 aromatic rings. The maximum Gasteiger partial charge on any atom is 0.252 e. The molecule has 1 unspecified atom stereocenters. The van der Waals surface area contributed by atoms with Crippen LogP contribution in [0.1, 0.15) is 56.1 Å². The number of pyridine rings is 2. The Labute approximate surface area is 227 Å². The number of Topliss-reactive ketones (excluding diaryl/α,β-unsaturated/α-hetero) is 2. The van der Waals surface area contributed by atoms with Crippen LogP contribution in [0.15, 0.2) is 53.6 Å². The summed E-state index contributed by atoms with van der Waals surface area (Å²) in [6, 6.07) is 8.86. The zero-order valence-corrected chi connectivity index (χ0v) is 23.3. The number of nitrogens with zero attached hydrogens (tertiary/aromatic N) is 2. The van der Waals surface area contributed by atoms with E-state index >= 15 is 0 Å². The van der Waals surface area contributed by atoms with Crippen LogP contribution in [-0.2, 0) is 16.0 Å². The molecular formula is C29H33ClN2O6. The van der Waals surface area contributed by atoms with Crippen LogP contribution in [0, 0.1) is 0 Å². The van der Waals surface area contributed by atoms with Crippen LogP contribution in [0.2, 0.25) is 5.02 Å². The van der Waals surface area contributed by atoms with Crippen LogP contribution in [0.3, 0.4) is 0 Å². The number of aromatic nitrogens is 2. The smallest absolute Gasteiger partial charge is 0.252 e. The van der Waals surface area contributed by atoms with E-state index in [4.69, 9.17) is 25.8 Å². The molecule has 0 aliphatic rings. The molecule has 9 heteroatoms. The van der Waals surface area contributed by atoms with Crippen LogP contribution in [0.4, 0.5) is 0 Å². The number of carbonyl (C=O) groups excluding carboxylic acids is 2. The number of methoxy groups -OCH3 is 2. The van der Waals surface area contributed by atoms with Gasteiger partial charge in [-0.1, -0.05) is 17.7 Å². The Hall–Kier alpha value is -3.49. The normalized spacial score (nSPS) is 12.2. The number of hydrogen-bond donors (Lipinski definition) is 0. The molecule has 0 bridgehead atoms. The van der Waals surface area contributed by atoms with Gasteiger partial charge in [-0.3, -0.25) is 14.4 Å². The highest BCUT2D eigenvalue weighted by Gasteiger charge is 2.25. The third kappa shape index (κ3) is 7.30. The first kappa shape index (κ1) is 29.1. The maximum absolute atomic E-state index is 13.5. The van der Waals surface area contributed by atoms with Crippen LogP contribution < -0.4 is 15.0 Å². The molecule has 8 nitrogen and oxygen atoms in total. The summed E-state index contributed by atoms with van der Waals surface area (Å²) in [5.74, 6) is 0.413. The van der Waals surface area contributed by atoms with Crippen molar-refractivity contribution in [3.63, 3.8) is 0 Å². The summed E-state index contributed by atoms with van der Waals surface area (Å²) in [7, 11) is 2.98. The summed E-state index contributed by atoms with van der Waals surface area (Å²) in [5.41, 5.74) is 1.17. The second-order valence-corrected chi connectivity index (χ2v) is 10.3. The minimum absolute atomic E-state index is 0.0659. The molecule has 0 aliphatic carbocycles. The molecule has 0 N–H and O–H groups in total. The largest absolute Gasteiger partial charge is 0.495 e. The lowest BCUT2D eigenvalue weighted by molar-refractivity contribution is -0.122. The fraction of sp³-hybridized carbons (Fsp3) is 0.379. The second-order valence-electron chi connectivity index (χ2n) is 9.86. The molecule has 38 heavy (non-hydrogen) atoms. The third-order valence-electron chi connectivity index (χ3n) is 5.93. The van der Waals surface area contributed by atoms with E-state index in [1.54, 1.807) is 36.5 Å². The highest BCUT2D eigenvalue weighted by Crippen LogP contribution is 2.34. The van der Waals surface area contributed by atoms with Gasteiger partial charge < -0.3 is 18.8 Å². The summed E-state index contributed by atoms with van der Waals surface area (Å²) in [6.07, 6.45) is 3.43. The molecular weight excluding hydrogens is 508 g/mol. The van der Waals surface area contributed by atoms with Crippen molar-refractivity contribution in [2.45, 2.75) is 52.2 Å². The molecule has 2 heterocycles. The van der Waals surface area contributed by atoms with Gasteiger partial charge in [-0.2, -0.15) is 0 Å². The predicted octanol–water partition coefficient (Wildman–Crippen LogP) is 5.34. The van der Waals surface area contributed by atoms with Gasteiger partial charge in [-0.25, -0.2) is 4.98 Å². The Kier molecular flexibility index (Phi) is 9.46. The Morgan fingerprint density at radius 1 is 1.05 bits per heavy atom. The van der Waals surface area contributed by atoms with Crippen molar-refractivity contribution in [3.05, 3.63) is 75.3 Å². The van der Waals surface area contributed by atoms with Gasteiger partial charge in [0.25, 0.3) is 5.56 Å². The molecule has 0 fully saturated rings. The number of carbonyl (C=O) groups is 2. The number of ether oxygens (including phenoxy) is 3. The van der Waals surface area contributed by atoms with Crippen molar-refractivity contribution < 1.29 is 23.8 Å². The number of ketones is 2. The summed E-state index contributed by atoms with van der Waals surface area (Å²) in [5, 5.41) is 0.414. The topological polar surface area (TPSA) is 96.7 Å². The molecule has 0 amide bonds. The van der Waals surface area contributed by atoms with E-state index in [2.05, 4.69) is 4.98 Å². The predicted molar refractivity (Wildman–Crippen MR) is 147 cm³/mol. The maximum atomic E-state index is 13.5. The average Bonchev–Trinajstić information content (AvgIpc) is 2.86. The van der Waals surface area contributed by atoms with E-state index in [1.807, 2.05) is 20.8 Å². The van der Waals surface area contributed by atoms with Gasteiger partial charge >= 0.3 is 0 Å². The van der Waals surface area contributed by atoms with Crippen molar-refractivity contribution in [1.82, 2.24) is 9.55 Å². The Morgan fingerprint density at radius 2 is 1.79 bits per heavy atom. The van der Waals surface area contributed by atoms with E-state index in [9.17, 15) is 14.4 Å². The molecule has 3 rings (SSSR count). The highest BCUT2D eigenvalue weighted by molar-refractivity contribution is 6.31. The van der Waals surface area contributed by atoms with Gasteiger partial charge in [0.05, 0.1) is 32.1 Å². The molecule has 1 aromatic carbocycles. The van der Waals surface area contributed by atoms with Gasteiger partial charge in [-0.15, -0.1) is 0 Å². The minimum atomic E-state index is -0.818. The summed E-state index contributed by atoms with van der Waals surface area (Å²) in [4.78, 5) is 43.4. The fourth-order valence-electron chi connectivity index (χ4n) is 4.08. The molecule has 202 valence electrons. The highest BCUT2D eigenvalue weighted by atomic mass is 35.5. The number of rotatable bonds is 11. The SMILES string of the molecule is COc1ccc(CC(=O)C(CCOC(C)(C)C)n2cc(OC)c(-c3cc(Cl)ccc3C(C)=O)cc2=O)cn1. The lowest BCUT2D eigenvalue weighted by Gasteiger charge is -2.24. The molecule has 0 saturated heterocycles. The summed E-state index contributed by atoms with van der Waals surface area (Å²) >= 11 is 6.21. The molecule has 0 aliphatic heterocycles. The lowest BCUT2D eigenvalue weighted by atomic mass is 9.97. The molecule has 0 saturated carbocycles. The average molecular weight is 541 g/mol. The second kappa shape index (κ2) is 12.4. The third-order valence-corrected chi connectivity index (χ3v) is 6.17. The first-order chi connectivity index (χ1) is 17.9. The van der Waals surface area contributed by atoms with Gasteiger partial charge in [0.15, 0.2) is 11.6 Å². The summed E-state index contributed by atoms with van der Waals surface area (Å²) < 4.78 is 18.0. The van der Waals surface area contributed by atoms with E-state index in [-0.39, 0.29) is 31.0 Å². The zero-order valence-electron chi connectivity index (χ0n) is 22.5. The van der Waals surface area contributed by atoms with Gasteiger partial charge in [0, 0.05) is 47.5 Å². The molecule has 1 atom stereocenters. The van der Waals surface area contributed by atoms with Crippen LogP contribution in [-0.4, -0.2) is 47.5 Å². The quantitative estimate of drug-likeness (QED) is 0.303. The van der Waals surface area contributed by atoms with Crippen molar-refractivity contribution in [1.29, 1.82) is 0 Å². The van der Waals surface area contributed by atoms with Gasteiger partial charge in [0.1, 0.15) is 5.75 Å². The fourth-order valence-corrected chi connectivity index (χ4v) is 4.25. The summed E-state index contributed by atoms with van der Waals surface area (Å²) in [6.45, 7) is 7.48. The van der Waals surface area contributed by atoms with Crippen LogP contribution in [0.5, 0.6) is 11.6 Å². The zero-order chi connectivity index (χ0) is 28.0. The number of hydrogen-bond acceptors (Lipinski definition) is 7. The van der Waals surface area contributed by atoms with Crippen molar-refractivity contribution in [2.75, 3.05) is 20.8 Å². The van der Waals surface area contributed by atoms with Crippen LogP contribution >= 0.6 is 11.6 Å². The van der Waals surface area contributed by atoms with Crippen molar-refractivity contribution in [2.24, 2.45) is 0 Å². The minimum Gasteiger partial charge on any atom is -0.495 e. The van der Waals surface area contributed by atoms with E-state index in [0.717, 1.165) is 0 Å². The van der Waals surface area contributed by atoms with E-state index < -0.39 is 17.2 Å². The molecule has 0 spiro atoms. The number of benzene rings is 1.